The molecule has 0 amide bonds. The third-order valence-electron chi connectivity index (χ3n) is 6.04. The van der Waals surface area contributed by atoms with Gasteiger partial charge in [-0.25, -0.2) is 4.98 Å². The van der Waals surface area contributed by atoms with E-state index in [9.17, 15) is 4.79 Å². The van der Waals surface area contributed by atoms with Gasteiger partial charge in [-0.05, 0) is 44.7 Å². The number of rotatable bonds is 6. The van der Waals surface area contributed by atoms with Crippen LogP contribution in [0.2, 0.25) is 0 Å². The molecule has 1 fully saturated rings. The number of oxazole rings is 1. The number of carbonyl (C=O) groups excluding carboxylic acids is 1. The maximum atomic E-state index is 12.8. The number of nitrogens with one attached hydrogen (secondary N) is 1. The molecule has 0 spiro atoms. The average molecular weight is 409 g/mol. The highest BCUT2D eigenvalue weighted by atomic mass is 16.4. The number of nitrogens with zero attached hydrogens (tertiary/aromatic N) is 3. The standard InChI is InChI=1S/C24H32N4O2/c1-17(13-18-15-25-20-8-6-5-7-19(18)20)14-21(29)22-16-26-23(30-22)27-9-11-28(12-10-27)24(2,3)4/h5-8,15-17,25H,9-14H2,1-4H3. The topological polar surface area (TPSA) is 65.4 Å². The molecule has 160 valence electrons. The van der Waals surface area contributed by atoms with Crippen molar-refractivity contribution in [2.24, 2.45) is 5.92 Å². The van der Waals surface area contributed by atoms with Gasteiger partial charge in [-0.15, -0.1) is 0 Å². The molecule has 4 rings (SSSR count). The molecule has 6 heteroatoms. The van der Waals surface area contributed by atoms with E-state index in [2.05, 4.69) is 65.8 Å². The van der Waals surface area contributed by atoms with Crippen LogP contribution in [0.25, 0.3) is 10.9 Å². The van der Waals surface area contributed by atoms with Crippen molar-refractivity contribution < 1.29 is 9.21 Å². The number of H-pyrrole nitrogens is 1. The minimum absolute atomic E-state index is 0.0226. The van der Waals surface area contributed by atoms with E-state index in [4.69, 9.17) is 4.42 Å². The molecule has 1 unspecified atom stereocenters. The SMILES string of the molecule is CC(CC(=O)c1cnc(N2CCN(C(C)(C)C)CC2)o1)Cc1c[nH]c2ccccc12. The summed E-state index contributed by atoms with van der Waals surface area (Å²) in [5, 5.41) is 1.23. The van der Waals surface area contributed by atoms with E-state index >= 15 is 0 Å². The summed E-state index contributed by atoms with van der Waals surface area (Å²) in [5.41, 5.74) is 2.56. The highest BCUT2D eigenvalue weighted by Crippen LogP contribution is 2.24. The van der Waals surface area contributed by atoms with Gasteiger partial charge in [0.15, 0.2) is 11.5 Å². The number of anilines is 1. The molecule has 3 aromatic rings. The molecule has 30 heavy (non-hydrogen) atoms. The fourth-order valence-electron chi connectivity index (χ4n) is 4.27. The van der Waals surface area contributed by atoms with Gasteiger partial charge in [0.2, 0.25) is 0 Å². The third kappa shape index (κ3) is 4.43. The number of Topliss-reactive ketones (excluding diaryl/α,β-unsaturated/α-hetero) is 1. The molecule has 1 N–H and O–H groups in total. The van der Waals surface area contributed by atoms with Gasteiger partial charge in [0.05, 0.1) is 6.20 Å². The van der Waals surface area contributed by atoms with Crippen molar-refractivity contribution in [1.29, 1.82) is 0 Å². The smallest absolute Gasteiger partial charge is 0.297 e. The molecule has 0 bridgehead atoms. The van der Waals surface area contributed by atoms with E-state index in [0.717, 1.165) is 38.1 Å². The van der Waals surface area contributed by atoms with Crippen molar-refractivity contribution in [1.82, 2.24) is 14.9 Å². The summed E-state index contributed by atoms with van der Waals surface area (Å²) in [5.74, 6) is 0.615. The van der Waals surface area contributed by atoms with E-state index in [1.807, 2.05) is 12.1 Å². The predicted octanol–water partition coefficient (Wildman–Crippen LogP) is 4.53. The third-order valence-corrected chi connectivity index (χ3v) is 6.04. The lowest BCUT2D eigenvalue weighted by Crippen LogP contribution is -2.53. The van der Waals surface area contributed by atoms with Crippen LogP contribution in [0.3, 0.4) is 0 Å². The minimum Gasteiger partial charge on any atom is -0.420 e. The Bertz CT molecular complexity index is 1010. The number of hydrogen-bond donors (Lipinski definition) is 1. The van der Waals surface area contributed by atoms with E-state index in [-0.39, 0.29) is 17.2 Å². The molecule has 0 radical (unpaired) electrons. The van der Waals surface area contributed by atoms with Crippen LogP contribution in [0, 0.1) is 5.92 Å². The average Bonchev–Trinajstić information content (AvgIpc) is 3.35. The Kier molecular flexibility index (Phi) is 5.69. The summed E-state index contributed by atoms with van der Waals surface area (Å²) in [6, 6.07) is 8.84. The van der Waals surface area contributed by atoms with E-state index in [1.54, 1.807) is 6.20 Å². The zero-order valence-corrected chi connectivity index (χ0v) is 18.4. The van der Waals surface area contributed by atoms with Crippen LogP contribution < -0.4 is 4.90 Å². The lowest BCUT2D eigenvalue weighted by molar-refractivity contribution is 0.0937. The van der Waals surface area contributed by atoms with Gasteiger partial charge in [-0.2, -0.15) is 0 Å². The fourth-order valence-corrected chi connectivity index (χ4v) is 4.27. The van der Waals surface area contributed by atoms with Crippen LogP contribution in [0.15, 0.2) is 41.1 Å². The summed E-state index contributed by atoms with van der Waals surface area (Å²) < 4.78 is 5.85. The fraction of sp³-hybridized carbons (Fsp3) is 0.500. The second kappa shape index (κ2) is 8.26. The van der Waals surface area contributed by atoms with E-state index < -0.39 is 0 Å². The van der Waals surface area contributed by atoms with E-state index in [0.29, 0.717) is 18.2 Å². The Labute approximate surface area is 178 Å². The quantitative estimate of drug-likeness (QED) is 0.607. The first kappa shape index (κ1) is 20.7. The van der Waals surface area contributed by atoms with E-state index in [1.165, 1.54) is 10.9 Å². The molecule has 1 aliphatic rings. The van der Waals surface area contributed by atoms with Gasteiger partial charge in [0.25, 0.3) is 6.01 Å². The van der Waals surface area contributed by atoms with Crippen molar-refractivity contribution in [2.75, 3.05) is 31.1 Å². The zero-order valence-electron chi connectivity index (χ0n) is 18.4. The summed E-state index contributed by atoms with van der Waals surface area (Å²) in [6.45, 7) is 12.5. The highest BCUT2D eigenvalue weighted by molar-refractivity contribution is 5.93. The molecule has 1 atom stereocenters. The lowest BCUT2D eigenvalue weighted by Gasteiger charge is -2.41. The first-order chi connectivity index (χ1) is 14.3. The summed E-state index contributed by atoms with van der Waals surface area (Å²) in [7, 11) is 0. The molecule has 1 aromatic carbocycles. The van der Waals surface area contributed by atoms with Crippen molar-refractivity contribution in [2.45, 2.75) is 46.1 Å². The van der Waals surface area contributed by atoms with Crippen LogP contribution in [0.4, 0.5) is 6.01 Å². The van der Waals surface area contributed by atoms with Crippen LogP contribution in [-0.4, -0.2) is 52.4 Å². The molecule has 6 nitrogen and oxygen atoms in total. The Morgan fingerprint density at radius 3 is 2.67 bits per heavy atom. The maximum Gasteiger partial charge on any atom is 0.297 e. The van der Waals surface area contributed by atoms with Crippen LogP contribution in [0.1, 0.15) is 50.2 Å². The lowest BCUT2D eigenvalue weighted by atomic mass is 9.95. The Hall–Kier alpha value is -2.60. The van der Waals surface area contributed by atoms with Gasteiger partial charge in [0, 0.05) is 55.2 Å². The Balaban J connectivity index is 1.34. The number of carbonyl (C=O) groups is 1. The summed E-state index contributed by atoms with van der Waals surface area (Å²) in [6.07, 6.45) is 4.94. The number of fused-ring (bicyclic) bond motifs is 1. The second-order valence-electron chi connectivity index (χ2n) is 9.45. The molecule has 0 saturated carbocycles. The van der Waals surface area contributed by atoms with Gasteiger partial charge in [0.1, 0.15) is 0 Å². The van der Waals surface area contributed by atoms with Gasteiger partial charge in [-0.1, -0.05) is 25.1 Å². The number of aromatic nitrogens is 2. The van der Waals surface area contributed by atoms with Crippen LogP contribution >= 0.6 is 0 Å². The van der Waals surface area contributed by atoms with Gasteiger partial charge >= 0.3 is 0 Å². The van der Waals surface area contributed by atoms with Crippen LogP contribution in [-0.2, 0) is 6.42 Å². The highest BCUT2D eigenvalue weighted by Gasteiger charge is 2.28. The number of aromatic amines is 1. The molecule has 2 aromatic heterocycles. The monoisotopic (exact) mass is 408 g/mol. The van der Waals surface area contributed by atoms with Crippen molar-refractivity contribution in [3.8, 4) is 0 Å². The molecule has 0 aliphatic carbocycles. The molecule has 1 aliphatic heterocycles. The van der Waals surface area contributed by atoms with Gasteiger partial charge in [-0.3, -0.25) is 9.69 Å². The largest absolute Gasteiger partial charge is 0.420 e. The number of benzene rings is 1. The number of piperazine rings is 1. The Morgan fingerprint density at radius 1 is 1.20 bits per heavy atom. The van der Waals surface area contributed by atoms with Gasteiger partial charge < -0.3 is 14.3 Å². The van der Waals surface area contributed by atoms with Crippen molar-refractivity contribution >= 4 is 22.7 Å². The molecule has 1 saturated heterocycles. The van der Waals surface area contributed by atoms with Crippen molar-refractivity contribution in [3.63, 3.8) is 0 Å². The number of hydrogen-bond acceptors (Lipinski definition) is 5. The maximum absolute atomic E-state index is 12.8. The second-order valence-corrected chi connectivity index (χ2v) is 9.45. The first-order valence-corrected chi connectivity index (χ1v) is 10.9. The van der Waals surface area contributed by atoms with Crippen molar-refractivity contribution in [3.05, 3.63) is 48.0 Å². The molecule has 3 heterocycles. The first-order valence-electron chi connectivity index (χ1n) is 10.9. The molecular weight excluding hydrogens is 376 g/mol. The number of para-hydroxylation sites is 1. The predicted molar refractivity (Wildman–Crippen MR) is 120 cm³/mol. The zero-order chi connectivity index (χ0) is 21.3. The minimum atomic E-state index is 0.0226. The van der Waals surface area contributed by atoms with Crippen LogP contribution in [0.5, 0.6) is 0 Å². The summed E-state index contributed by atoms with van der Waals surface area (Å²) in [4.78, 5) is 25.1. The Morgan fingerprint density at radius 2 is 1.93 bits per heavy atom. The molecular formula is C24H32N4O2. The number of ketones is 1. The summed E-state index contributed by atoms with van der Waals surface area (Å²) >= 11 is 0. The normalized spacial score (nSPS) is 16.9.